The molecule has 1 aromatic carbocycles. The van der Waals surface area contributed by atoms with Crippen molar-refractivity contribution in [2.24, 2.45) is 0 Å². The van der Waals surface area contributed by atoms with Gasteiger partial charge in [-0.2, -0.15) is 0 Å². The van der Waals surface area contributed by atoms with Crippen LogP contribution in [-0.4, -0.2) is 36.7 Å². The van der Waals surface area contributed by atoms with Gasteiger partial charge in [0.05, 0.1) is 18.1 Å². The molecule has 0 heterocycles. The lowest BCUT2D eigenvalue weighted by Crippen LogP contribution is -2.20. The van der Waals surface area contributed by atoms with Crippen LogP contribution in [0.25, 0.3) is 0 Å². The summed E-state index contributed by atoms with van der Waals surface area (Å²) in [4.78, 5) is 22.2. The number of aliphatic carboxylic acids is 1. The van der Waals surface area contributed by atoms with Crippen LogP contribution in [0.1, 0.15) is 12.8 Å². The molecule has 0 spiro atoms. The number of nitro benzene ring substituents is 1. The predicted molar refractivity (Wildman–Crippen MR) is 69.7 cm³/mol. The Morgan fingerprint density at radius 2 is 2.20 bits per heavy atom. The van der Waals surface area contributed by atoms with Gasteiger partial charge >= 0.3 is 5.97 Å². The molecule has 0 bridgehead atoms. The predicted octanol–water partition coefficient (Wildman–Crippen LogP) is 2.04. The Balaban J connectivity index is 3.01. The van der Waals surface area contributed by atoms with Crippen molar-refractivity contribution < 1.29 is 24.0 Å². The zero-order chi connectivity index (χ0) is 15.3. The average Bonchev–Trinajstić information content (AvgIpc) is 2.37. The van der Waals surface area contributed by atoms with Crippen LogP contribution < -0.4 is 9.64 Å². The van der Waals surface area contributed by atoms with E-state index in [0.29, 0.717) is 13.0 Å². The van der Waals surface area contributed by atoms with Gasteiger partial charge in [0.1, 0.15) is 5.69 Å². The van der Waals surface area contributed by atoms with E-state index in [1.54, 1.807) is 7.05 Å². The maximum absolute atomic E-state index is 13.5. The van der Waals surface area contributed by atoms with Gasteiger partial charge < -0.3 is 14.7 Å². The molecule has 0 aliphatic heterocycles. The van der Waals surface area contributed by atoms with Gasteiger partial charge in [-0.3, -0.25) is 14.9 Å². The van der Waals surface area contributed by atoms with Crippen molar-refractivity contribution in [3.05, 3.63) is 28.1 Å². The van der Waals surface area contributed by atoms with Crippen LogP contribution in [0.2, 0.25) is 0 Å². The van der Waals surface area contributed by atoms with Gasteiger partial charge in [-0.15, -0.1) is 0 Å². The molecular weight excluding hydrogens is 271 g/mol. The van der Waals surface area contributed by atoms with E-state index in [-0.39, 0.29) is 23.5 Å². The van der Waals surface area contributed by atoms with Crippen molar-refractivity contribution in [2.75, 3.05) is 25.6 Å². The van der Waals surface area contributed by atoms with Crippen LogP contribution in [0.15, 0.2) is 12.1 Å². The number of carboxylic acid groups (broad SMARTS) is 1. The molecule has 0 atom stereocenters. The van der Waals surface area contributed by atoms with E-state index in [9.17, 15) is 19.3 Å². The molecule has 20 heavy (non-hydrogen) atoms. The molecule has 0 aromatic heterocycles. The summed E-state index contributed by atoms with van der Waals surface area (Å²) >= 11 is 0. The summed E-state index contributed by atoms with van der Waals surface area (Å²) in [7, 11) is 2.83. The SMILES string of the molecule is COc1cc(N(C)CCCC(=O)O)c([N+](=O)[O-])cc1F. The van der Waals surface area contributed by atoms with Gasteiger partial charge in [0, 0.05) is 26.1 Å². The summed E-state index contributed by atoms with van der Waals surface area (Å²) in [6.07, 6.45) is 0.277. The second-order valence-electron chi connectivity index (χ2n) is 4.15. The largest absolute Gasteiger partial charge is 0.494 e. The quantitative estimate of drug-likeness (QED) is 0.609. The fourth-order valence-electron chi connectivity index (χ4n) is 1.73. The molecule has 0 unspecified atom stereocenters. The summed E-state index contributed by atoms with van der Waals surface area (Å²) in [5, 5.41) is 19.5. The third-order valence-electron chi connectivity index (χ3n) is 2.74. The summed E-state index contributed by atoms with van der Waals surface area (Å²) in [5.74, 6) is -1.86. The van der Waals surface area contributed by atoms with Crippen LogP contribution in [0, 0.1) is 15.9 Å². The molecule has 1 aromatic rings. The lowest BCUT2D eigenvalue weighted by molar-refractivity contribution is -0.384. The number of hydrogen-bond acceptors (Lipinski definition) is 5. The standard InChI is InChI=1S/C12H15FN2O5/c1-14(5-3-4-12(16)17)9-7-11(20-2)8(13)6-10(9)15(18)19/h6-7H,3-5H2,1-2H3,(H,16,17). The van der Waals surface area contributed by atoms with Crippen LogP contribution in [0.5, 0.6) is 5.75 Å². The van der Waals surface area contributed by atoms with Crippen LogP contribution in [0.4, 0.5) is 15.8 Å². The average molecular weight is 286 g/mol. The van der Waals surface area contributed by atoms with E-state index in [4.69, 9.17) is 9.84 Å². The van der Waals surface area contributed by atoms with E-state index < -0.39 is 16.7 Å². The minimum atomic E-state index is -0.940. The van der Waals surface area contributed by atoms with Crippen molar-refractivity contribution in [1.82, 2.24) is 0 Å². The van der Waals surface area contributed by atoms with Gasteiger partial charge in [0.2, 0.25) is 0 Å². The van der Waals surface area contributed by atoms with Crippen LogP contribution >= 0.6 is 0 Å². The number of carbonyl (C=O) groups is 1. The lowest BCUT2D eigenvalue weighted by atomic mass is 10.2. The molecule has 0 saturated heterocycles. The monoisotopic (exact) mass is 286 g/mol. The maximum Gasteiger partial charge on any atom is 0.303 e. The minimum absolute atomic E-state index is 0.0452. The molecule has 8 heteroatoms. The zero-order valence-electron chi connectivity index (χ0n) is 11.1. The summed E-state index contributed by atoms with van der Waals surface area (Å²) in [6, 6.07) is 2.02. The third kappa shape index (κ3) is 3.81. The van der Waals surface area contributed by atoms with Gasteiger partial charge in [0.25, 0.3) is 5.69 Å². The van der Waals surface area contributed by atoms with Gasteiger partial charge in [-0.05, 0) is 6.42 Å². The fourth-order valence-corrected chi connectivity index (χ4v) is 1.73. The highest BCUT2D eigenvalue weighted by Gasteiger charge is 2.21. The number of anilines is 1. The first-order chi connectivity index (χ1) is 9.36. The molecule has 0 radical (unpaired) electrons. The number of benzene rings is 1. The number of halogens is 1. The number of rotatable bonds is 7. The van der Waals surface area contributed by atoms with Crippen LogP contribution in [0.3, 0.4) is 0 Å². The first-order valence-corrected chi connectivity index (χ1v) is 5.81. The Hall–Kier alpha value is -2.38. The topological polar surface area (TPSA) is 92.9 Å². The molecule has 1 rings (SSSR count). The Morgan fingerprint density at radius 3 is 2.70 bits per heavy atom. The first-order valence-electron chi connectivity index (χ1n) is 5.81. The van der Waals surface area contributed by atoms with Crippen molar-refractivity contribution in [3.63, 3.8) is 0 Å². The van der Waals surface area contributed by atoms with Crippen molar-refractivity contribution >= 4 is 17.3 Å². The number of carboxylic acids is 1. The van der Waals surface area contributed by atoms with E-state index >= 15 is 0 Å². The van der Waals surface area contributed by atoms with Crippen LogP contribution in [-0.2, 0) is 4.79 Å². The maximum atomic E-state index is 13.5. The fraction of sp³-hybridized carbons (Fsp3) is 0.417. The van der Waals surface area contributed by atoms with Gasteiger partial charge in [-0.25, -0.2) is 4.39 Å². The number of ether oxygens (including phenoxy) is 1. The molecule has 1 N–H and O–H groups in total. The summed E-state index contributed by atoms with van der Waals surface area (Å²) in [5.41, 5.74) is -0.209. The molecule has 0 aliphatic rings. The lowest BCUT2D eigenvalue weighted by Gasteiger charge is -2.19. The number of methoxy groups -OCH3 is 1. The zero-order valence-corrected chi connectivity index (χ0v) is 11.1. The number of nitrogens with zero attached hydrogens (tertiary/aromatic N) is 2. The van der Waals surface area contributed by atoms with Crippen molar-refractivity contribution in [2.45, 2.75) is 12.8 Å². The second kappa shape index (κ2) is 6.69. The van der Waals surface area contributed by atoms with E-state index in [2.05, 4.69) is 0 Å². The first kappa shape index (κ1) is 15.7. The Labute approximate surface area is 114 Å². The molecule has 0 aliphatic carbocycles. The molecule has 0 fully saturated rings. The highest BCUT2D eigenvalue weighted by molar-refractivity contribution is 5.67. The van der Waals surface area contributed by atoms with Gasteiger partial charge in [0.15, 0.2) is 11.6 Å². The van der Waals surface area contributed by atoms with E-state index in [0.717, 1.165) is 6.07 Å². The third-order valence-corrected chi connectivity index (χ3v) is 2.74. The van der Waals surface area contributed by atoms with Gasteiger partial charge in [-0.1, -0.05) is 0 Å². The van der Waals surface area contributed by atoms with E-state index in [1.165, 1.54) is 18.1 Å². The smallest absolute Gasteiger partial charge is 0.303 e. The summed E-state index contributed by atoms with van der Waals surface area (Å²) in [6.45, 7) is 0.294. The Morgan fingerprint density at radius 1 is 1.55 bits per heavy atom. The molecular formula is C12H15FN2O5. The highest BCUT2D eigenvalue weighted by atomic mass is 19.1. The Bertz CT molecular complexity index is 521. The second-order valence-corrected chi connectivity index (χ2v) is 4.15. The highest BCUT2D eigenvalue weighted by Crippen LogP contribution is 2.33. The number of nitro groups is 1. The summed E-state index contributed by atoms with van der Waals surface area (Å²) < 4.78 is 18.3. The molecule has 7 nitrogen and oxygen atoms in total. The minimum Gasteiger partial charge on any atom is -0.494 e. The molecule has 0 saturated carbocycles. The van der Waals surface area contributed by atoms with Crippen molar-refractivity contribution in [3.8, 4) is 5.75 Å². The number of hydrogen-bond donors (Lipinski definition) is 1. The van der Waals surface area contributed by atoms with Crippen molar-refractivity contribution in [1.29, 1.82) is 0 Å². The normalized spacial score (nSPS) is 10.2. The Kier molecular flexibility index (Phi) is 5.24. The molecule has 110 valence electrons. The van der Waals surface area contributed by atoms with E-state index in [1.807, 2.05) is 0 Å². The molecule has 0 amide bonds.